The van der Waals surface area contributed by atoms with Crippen molar-refractivity contribution in [1.82, 2.24) is 4.98 Å². The van der Waals surface area contributed by atoms with Gasteiger partial charge in [0.15, 0.2) is 0 Å². The van der Waals surface area contributed by atoms with Crippen LogP contribution in [0.3, 0.4) is 0 Å². The molecule has 0 unspecified atom stereocenters. The van der Waals surface area contributed by atoms with Gasteiger partial charge in [0.1, 0.15) is 11.6 Å². The summed E-state index contributed by atoms with van der Waals surface area (Å²) >= 11 is 5.35. The van der Waals surface area contributed by atoms with Crippen molar-refractivity contribution in [3.8, 4) is 6.07 Å². The number of pyridine rings is 1. The molecule has 0 fully saturated rings. The zero-order valence-electron chi connectivity index (χ0n) is 6.95. The predicted molar refractivity (Wildman–Crippen MR) is 45.6 cm³/mol. The van der Waals surface area contributed by atoms with E-state index in [1.807, 2.05) is 0 Å². The molecule has 0 aliphatic rings. The normalized spacial score (nSPS) is 10.1. The number of nitriles is 1. The molecule has 0 atom stereocenters. The van der Waals surface area contributed by atoms with Crippen molar-refractivity contribution in [3.63, 3.8) is 0 Å². The lowest BCUT2D eigenvalue weighted by Gasteiger charge is -2.01. The van der Waals surface area contributed by atoms with Crippen LogP contribution in [-0.2, 0) is 0 Å². The largest absolute Gasteiger partial charge is 0.365 e. The highest BCUT2D eigenvalue weighted by Crippen LogP contribution is 2.29. The molecule has 0 aromatic carbocycles. The van der Waals surface area contributed by atoms with Crippen LogP contribution in [0.4, 0.5) is 14.6 Å². The van der Waals surface area contributed by atoms with Crippen molar-refractivity contribution in [2.75, 3.05) is 0 Å². The first-order valence-electron chi connectivity index (χ1n) is 3.50. The van der Waals surface area contributed by atoms with Gasteiger partial charge in [-0.1, -0.05) is 0 Å². The SMILES string of the molecule is N#Cc1c(C(F)F)cc([N+](=O)[O-])nc1Cl. The van der Waals surface area contributed by atoms with Gasteiger partial charge >= 0.3 is 5.82 Å². The fraction of sp³-hybridized carbons (Fsp3) is 0.143. The lowest BCUT2D eigenvalue weighted by atomic mass is 10.1. The topological polar surface area (TPSA) is 79.8 Å². The third-order valence-electron chi connectivity index (χ3n) is 1.53. The van der Waals surface area contributed by atoms with Crippen LogP contribution in [0.5, 0.6) is 0 Å². The molecule has 0 spiro atoms. The minimum Gasteiger partial charge on any atom is -0.358 e. The van der Waals surface area contributed by atoms with E-state index in [0.29, 0.717) is 6.07 Å². The first kappa shape index (κ1) is 11.3. The molecule has 1 aromatic rings. The van der Waals surface area contributed by atoms with Crippen LogP contribution in [0.15, 0.2) is 6.07 Å². The first-order chi connectivity index (χ1) is 6.97. The summed E-state index contributed by atoms with van der Waals surface area (Å²) in [6.07, 6.45) is -3.01. The van der Waals surface area contributed by atoms with E-state index in [0.717, 1.165) is 0 Å². The highest BCUT2D eigenvalue weighted by Gasteiger charge is 2.24. The molecule has 1 aromatic heterocycles. The van der Waals surface area contributed by atoms with Gasteiger partial charge in [0.2, 0.25) is 0 Å². The van der Waals surface area contributed by atoms with Gasteiger partial charge in [-0.2, -0.15) is 5.26 Å². The number of nitro groups is 1. The van der Waals surface area contributed by atoms with Gasteiger partial charge in [-0.25, -0.2) is 8.78 Å². The Kier molecular flexibility index (Phi) is 3.11. The molecule has 8 heteroatoms. The number of halogens is 3. The molecule has 1 rings (SSSR count). The maximum absolute atomic E-state index is 12.4. The van der Waals surface area contributed by atoms with Gasteiger partial charge in [-0.05, 0) is 21.5 Å². The number of hydrogen-bond donors (Lipinski definition) is 0. The number of rotatable bonds is 2. The van der Waals surface area contributed by atoms with E-state index in [2.05, 4.69) is 4.98 Å². The lowest BCUT2D eigenvalue weighted by molar-refractivity contribution is -0.389. The predicted octanol–water partition coefficient (Wildman–Crippen LogP) is 2.45. The monoisotopic (exact) mass is 233 g/mol. The summed E-state index contributed by atoms with van der Waals surface area (Å²) in [5.41, 5.74) is -1.33. The summed E-state index contributed by atoms with van der Waals surface area (Å²) in [5, 5.41) is 18.2. The third-order valence-corrected chi connectivity index (χ3v) is 1.80. The third kappa shape index (κ3) is 2.16. The van der Waals surface area contributed by atoms with Gasteiger partial charge in [0, 0.05) is 11.6 Å². The smallest absolute Gasteiger partial charge is 0.358 e. The Balaban J connectivity index is 3.47. The molecule has 0 bridgehead atoms. The fourth-order valence-electron chi connectivity index (χ4n) is 0.895. The Labute approximate surface area is 87.1 Å². The molecule has 5 nitrogen and oxygen atoms in total. The second-order valence-electron chi connectivity index (χ2n) is 2.41. The van der Waals surface area contributed by atoms with Crippen molar-refractivity contribution in [2.24, 2.45) is 0 Å². The van der Waals surface area contributed by atoms with Gasteiger partial charge < -0.3 is 10.1 Å². The first-order valence-corrected chi connectivity index (χ1v) is 3.88. The van der Waals surface area contributed by atoms with Crippen LogP contribution in [0.1, 0.15) is 17.6 Å². The summed E-state index contributed by atoms with van der Waals surface area (Å²) in [5.74, 6) is -0.811. The number of hydrogen-bond acceptors (Lipinski definition) is 4. The lowest BCUT2D eigenvalue weighted by Crippen LogP contribution is -1.99. The van der Waals surface area contributed by atoms with Crippen LogP contribution in [0.25, 0.3) is 0 Å². The highest BCUT2D eigenvalue weighted by molar-refractivity contribution is 6.30. The van der Waals surface area contributed by atoms with Gasteiger partial charge in [0.25, 0.3) is 11.6 Å². The van der Waals surface area contributed by atoms with Crippen LogP contribution in [0.2, 0.25) is 5.15 Å². The second-order valence-corrected chi connectivity index (χ2v) is 2.76. The van der Waals surface area contributed by atoms with Gasteiger partial charge in [0.05, 0.1) is 0 Å². The maximum atomic E-state index is 12.4. The number of nitrogens with zero attached hydrogens (tertiary/aromatic N) is 3. The van der Waals surface area contributed by atoms with Crippen LogP contribution in [-0.4, -0.2) is 9.91 Å². The summed E-state index contributed by atoms with van der Waals surface area (Å²) in [6.45, 7) is 0. The summed E-state index contributed by atoms with van der Waals surface area (Å²) in [4.78, 5) is 12.5. The van der Waals surface area contributed by atoms with Crippen molar-refractivity contribution in [1.29, 1.82) is 5.26 Å². The molecule has 0 saturated heterocycles. The Morgan fingerprint density at radius 2 is 2.27 bits per heavy atom. The number of alkyl halides is 2. The molecular weight excluding hydrogens is 232 g/mol. The highest BCUT2D eigenvalue weighted by atomic mass is 35.5. The van der Waals surface area contributed by atoms with E-state index in [9.17, 15) is 18.9 Å². The molecule has 78 valence electrons. The Bertz CT molecular complexity index is 458. The Hall–Kier alpha value is -1.81. The summed E-state index contributed by atoms with van der Waals surface area (Å²) in [6, 6.07) is 1.95. The van der Waals surface area contributed by atoms with Crippen LogP contribution >= 0.6 is 11.6 Å². The Morgan fingerprint density at radius 3 is 2.67 bits per heavy atom. The molecule has 0 N–H and O–H groups in total. The number of aromatic nitrogens is 1. The van der Waals surface area contributed by atoms with Crippen LogP contribution < -0.4 is 0 Å². The van der Waals surface area contributed by atoms with E-state index in [1.54, 1.807) is 0 Å². The zero-order valence-corrected chi connectivity index (χ0v) is 7.70. The van der Waals surface area contributed by atoms with Gasteiger partial charge in [-0.15, -0.1) is 0 Å². The quantitative estimate of drug-likeness (QED) is 0.446. The Morgan fingerprint density at radius 1 is 1.67 bits per heavy atom. The molecule has 15 heavy (non-hydrogen) atoms. The molecular formula is C7H2ClF2N3O2. The van der Waals surface area contributed by atoms with E-state index < -0.39 is 33.4 Å². The molecule has 1 heterocycles. The molecule has 0 aliphatic carbocycles. The van der Waals surface area contributed by atoms with Crippen molar-refractivity contribution < 1.29 is 13.7 Å². The minimum atomic E-state index is -3.01. The van der Waals surface area contributed by atoms with E-state index in [4.69, 9.17) is 16.9 Å². The summed E-state index contributed by atoms with van der Waals surface area (Å²) in [7, 11) is 0. The molecule has 0 aliphatic heterocycles. The fourth-order valence-corrected chi connectivity index (χ4v) is 1.13. The van der Waals surface area contributed by atoms with E-state index in [1.165, 1.54) is 6.07 Å². The standard InChI is InChI=1S/C7H2ClF2N3O2/c8-6-4(2-11)3(7(9)10)1-5(12-6)13(14)15/h1,7H. The van der Waals surface area contributed by atoms with Crippen molar-refractivity contribution in [3.05, 3.63) is 32.5 Å². The van der Waals surface area contributed by atoms with E-state index in [-0.39, 0.29) is 0 Å². The molecule has 0 radical (unpaired) electrons. The summed E-state index contributed by atoms with van der Waals surface area (Å²) < 4.78 is 24.8. The van der Waals surface area contributed by atoms with E-state index >= 15 is 0 Å². The zero-order chi connectivity index (χ0) is 11.6. The minimum absolute atomic E-state index is 0.537. The van der Waals surface area contributed by atoms with Gasteiger partial charge in [-0.3, -0.25) is 0 Å². The molecule has 0 saturated carbocycles. The van der Waals surface area contributed by atoms with Crippen LogP contribution in [0, 0.1) is 21.4 Å². The van der Waals surface area contributed by atoms with Crippen molar-refractivity contribution >= 4 is 17.4 Å². The maximum Gasteiger partial charge on any atom is 0.365 e. The average molecular weight is 234 g/mol. The van der Waals surface area contributed by atoms with Crippen molar-refractivity contribution in [2.45, 2.75) is 6.43 Å². The second kappa shape index (κ2) is 4.14. The molecule has 0 amide bonds. The average Bonchev–Trinajstić information content (AvgIpc) is 2.16.